The van der Waals surface area contributed by atoms with Gasteiger partial charge < -0.3 is 14.9 Å². The van der Waals surface area contributed by atoms with Gasteiger partial charge in [-0.1, -0.05) is 0 Å². The highest BCUT2D eigenvalue weighted by molar-refractivity contribution is 5.89. The lowest BCUT2D eigenvalue weighted by Gasteiger charge is -2.28. The number of aliphatic hydroxyl groups is 2. The van der Waals surface area contributed by atoms with E-state index in [4.69, 9.17) is 4.74 Å². The number of carbonyl (C=O) groups is 2. The summed E-state index contributed by atoms with van der Waals surface area (Å²) in [6.45, 7) is 3.21. The second kappa shape index (κ2) is 6.04. The summed E-state index contributed by atoms with van der Waals surface area (Å²) >= 11 is 0. The molecule has 9 nitrogen and oxygen atoms in total. The van der Waals surface area contributed by atoms with Gasteiger partial charge in [-0.15, -0.1) is 0 Å². The van der Waals surface area contributed by atoms with E-state index in [0.29, 0.717) is 4.57 Å². The van der Waals surface area contributed by atoms with Gasteiger partial charge >= 0.3 is 5.69 Å². The van der Waals surface area contributed by atoms with Gasteiger partial charge in [0.2, 0.25) is 0 Å². The zero-order valence-electron chi connectivity index (χ0n) is 13.1. The van der Waals surface area contributed by atoms with Gasteiger partial charge in [-0.25, -0.2) is 9.18 Å². The Morgan fingerprint density at radius 3 is 2.50 bits per heavy atom. The summed E-state index contributed by atoms with van der Waals surface area (Å²) in [7, 11) is 0. The summed E-state index contributed by atoms with van der Waals surface area (Å²) in [5, 5.41) is 20.3. The third kappa shape index (κ3) is 2.62. The second-order valence-electron chi connectivity index (χ2n) is 5.76. The van der Waals surface area contributed by atoms with E-state index < -0.39 is 53.0 Å². The number of hydrogen-bond acceptors (Lipinski definition) is 7. The van der Waals surface area contributed by atoms with E-state index in [1.165, 1.54) is 6.92 Å². The molecule has 0 aliphatic carbocycles. The summed E-state index contributed by atoms with van der Waals surface area (Å²) in [4.78, 5) is 48.3. The number of hydrogen-bond donors (Lipinski definition) is 3. The first-order valence-electron chi connectivity index (χ1n) is 7.05. The molecule has 2 rings (SSSR count). The van der Waals surface area contributed by atoms with Crippen LogP contribution < -0.4 is 11.2 Å². The summed E-state index contributed by atoms with van der Waals surface area (Å²) in [6.07, 6.45) is -7.12. The highest BCUT2D eigenvalue weighted by Gasteiger charge is 2.63. The number of rotatable bonds is 4. The van der Waals surface area contributed by atoms with Gasteiger partial charge in [0.15, 0.2) is 29.6 Å². The van der Waals surface area contributed by atoms with Gasteiger partial charge in [-0.3, -0.25) is 23.9 Å². The quantitative estimate of drug-likeness (QED) is 0.595. The third-order valence-corrected chi connectivity index (χ3v) is 4.08. The lowest BCUT2D eigenvalue weighted by atomic mass is 9.85. The Labute approximate surface area is 134 Å². The minimum atomic E-state index is -2.82. The van der Waals surface area contributed by atoms with E-state index in [1.807, 2.05) is 4.98 Å². The number of ketones is 2. The lowest BCUT2D eigenvalue weighted by Crippen LogP contribution is -2.57. The van der Waals surface area contributed by atoms with Crippen molar-refractivity contribution in [3.63, 3.8) is 0 Å². The highest BCUT2D eigenvalue weighted by Crippen LogP contribution is 2.41. The maximum Gasteiger partial charge on any atom is 0.330 e. The van der Waals surface area contributed by atoms with Crippen LogP contribution in [0.2, 0.25) is 0 Å². The molecule has 1 aliphatic rings. The van der Waals surface area contributed by atoms with Crippen molar-refractivity contribution < 1.29 is 28.9 Å². The Morgan fingerprint density at radius 1 is 1.42 bits per heavy atom. The van der Waals surface area contributed by atoms with Crippen LogP contribution in [0.25, 0.3) is 0 Å². The fourth-order valence-corrected chi connectivity index (χ4v) is 2.60. The molecule has 0 aromatic carbocycles. The standard InChI is InChI=1S/C14H17FN2O7/c1-5-4-17(13(22)16-11(5)21)12-9(15)14(23,7(3)19)10(24-12)8(20)6(2)18/h4,8-10,12,20,23H,1-3H3,(H,16,21,22)/t8?,9-,10+,12+,14-/m0/s1. The zero-order valence-corrected chi connectivity index (χ0v) is 13.1. The largest absolute Gasteiger partial charge is 0.382 e. The number of aliphatic hydroxyl groups excluding tert-OH is 1. The zero-order chi connectivity index (χ0) is 18.4. The fourth-order valence-electron chi connectivity index (χ4n) is 2.60. The smallest absolute Gasteiger partial charge is 0.330 e. The molecular weight excluding hydrogens is 327 g/mol. The first-order valence-corrected chi connectivity index (χ1v) is 7.05. The van der Waals surface area contributed by atoms with Crippen LogP contribution in [0.3, 0.4) is 0 Å². The summed E-state index contributed by atoms with van der Waals surface area (Å²) in [5.74, 6) is -1.92. The molecule has 0 radical (unpaired) electrons. The minimum absolute atomic E-state index is 0.0623. The van der Waals surface area contributed by atoms with E-state index in [2.05, 4.69) is 0 Å². The van der Waals surface area contributed by atoms with Crippen molar-refractivity contribution in [2.45, 2.75) is 51.0 Å². The maximum atomic E-state index is 14.8. The molecule has 1 aliphatic heterocycles. The summed E-state index contributed by atoms with van der Waals surface area (Å²) < 4.78 is 20.6. The van der Waals surface area contributed by atoms with Crippen LogP contribution in [0, 0.1) is 6.92 Å². The Hall–Kier alpha value is -2.17. The van der Waals surface area contributed by atoms with Crippen molar-refractivity contribution in [2.75, 3.05) is 0 Å². The first kappa shape index (κ1) is 18.2. The molecule has 1 saturated heterocycles. The number of nitrogens with zero attached hydrogens (tertiary/aromatic N) is 1. The van der Waals surface area contributed by atoms with E-state index in [1.54, 1.807) is 0 Å². The van der Waals surface area contributed by atoms with Crippen LogP contribution in [0.4, 0.5) is 4.39 Å². The van der Waals surface area contributed by atoms with Crippen LogP contribution in [0.1, 0.15) is 25.6 Å². The monoisotopic (exact) mass is 344 g/mol. The second-order valence-corrected chi connectivity index (χ2v) is 5.76. The predicted octanol–water partition coefficient (Wildman–Crippen LogP) is -1.65. The van der Waals surface area contributed by atoms with Crippen molar-refractivity contribution in [3.8, 4) is 0 Å². The molecule has 0 amide bonds. The average molecular weight is 344 g/mol. The topological polar surface area (TPSA) is 139 Å². The van der Waals surface area contributed by atoms with E-state index in [-0.39, 0.29) is 5.56 Å². The SMILES string of the molecule is CC(=O)C(O)[C@H]1O[C@@H](n2cc(C)c(=O)[nH]c2=O)[C@H](F)[C@@]1(O)C(C)=O. The number of Topliss-reactive ketones (excluding diaryl/α,β-unsaturated/α-hetero) is 2. The molecule has 1 aromatic heterocycles. The number of aromatic nitrogens is 2. The number of ether oxygens (including phenoxy) is 1. The Balaban J connectivity index is 2.57. The van der Waals surface area contributed by atoms with Crippen LogP contribution in [-0.2, 0) is 14.3 Å². The average Bonchev–Trinajstić information content (AvgIpc) is 2.76. The Bertz CT molecular complexity index is 801. The van der Waals surface area contributed by atoms with Crippen LogP contribution in [0.15, 0.2) is 15.8 Å². The summed E-state index contributed by atoms with van der Waals surface area (Å²) in [5.41, 5.74) is -4.47. The molecule has 3 N–H and O–H groups in total. The molecule has 1 aromatic rings. The number of aromatic amines is 1. The molecule has 132 valence electrons. The first-order chi connectivity index (χ1) is 11.0. The maximum absolute atomic E-state index is 14.8. The Morgan fingerprint density at radius 2 is 2.00 bits per heavy atom. The van der Waals surface area contributed by atoms with Crippen molar-refractivity contribution in [3.05, 3.63) is 32.6 Å². The molecule has 0 saturated carbocycles. The molecule has 5 atom stereocenters. The van der Waals surface area contributed by atoms with Gasteiger partial charge in [0.25, 0.3) is 5.56 Å². The molecule has 2 heterocycles. The van der Waals surface area contributed by atoms with Crippen LogP contribution >= 0.6 is 0 Å². The normalized spacial score (nSPS) is 31.0. The minimum Gasteiger partial charge on any atom is -0.382 e. The van der Waals surface area contributed by atoms with Crippen molar-refractivity contribution >= 4 is 11.6 Å². The molecule has 0 spiro atoms. The van der Waals surface area contributed by atoms with Gasteiger partial charge in [0, 0.05) is 11.8 Å². The van der Waals surface area contributed by atoms with Crippen molar-refractivity contribution in [1.29, 1.82) is 0 Å². The lowest BCUT2D eigenvalue weighted by molar-refractivity contribution is -0.160. The van der Waals surface area contributed by atoms with Crippen LogP contribution in [0.5, 0.6) is 0 Å². The molecule has 0 bridgehead atoms. The molecule has 1 fully saturated rings. The van der Waals surface area contributed by atoms with Crippen molar-refractivity contribution in [2.24, 2.45) is 0 Å². The fraction of sp³-hybridized carbons (Fsp3) is 0.571. The molecule has 24 heavy (non-hydrogen) atoms. The molecule has 10 heteroatoms. The highest BCUT2D eigenvalue weighted by atomic mass is 19.1. The Kier molecular flexibility index (Phi) is 4.57. The van der Waals surface area contributed by atoms with Crippen LogP contribution in [-0.4, -0.2) is 55.3 Å². The summed E-state index contributed by atoms with van der Waals surface area (Å²) in [6, 6.07) is 0. The van der Waals surface area contributed by atoms with Crippen molar-refractivity contribution in [1.82, 2.24) is 9.55 Å². The number of alkyl halides is 1. The third-order valence-electron chi connectivity index (χ3n) is 4.08. The van der Waals surface area contributed by atoms with Gasteiger partial charge in [0.1, 0.15) is 12.2 Å². The van der Waals surface area contributed by atoms with Gasteiger partial charge in [-0.2, -0.15) is 0 Å². The molecular formula is C14H17FN2O7. The van der Waals surface area contributed by atoms with Gasteiger partial charge in [0.05, 0.1) is 0 Å². The number of carbonyl (C=O) groups excluding carboxylic acids is 2. The number of aryl methyl sites for hydroxylation is 1. The van der Waals surface area contributed by atoms with E-state index in [9.17, 15) is 33.8 Å². The number of halogens is 1. The molecule has 1 unspecified atom stereocenters. The number of nitrogens with one attached hydrogen (secondary N) is 1. The van der Waals surface area contributed by atoms with E-state index in [0.717, 1.165) is 20.0 Å². The number of H-pyrrole nitrogens is 1. The van der Waals surface area contributed by atoms with E-state index >= 15 is 0 Å². The van der Waals surface area contributed by atoms with Gasteiger partial charge in [-0.05, 0) is 20.8 Å². The predicted molar refractivity (Wildman–Crippen MR) is 77.2 cm³/mol.